The molecule has 9 nitrogen and oxygen atoms in total. The molecule has 1 unspecified atom stereocenters. The predicted molar refractivity (Wildman–Crippen MR) is 150 cm³/mol. The topological polar surface area (TPSA) is 94.3 Å². The minimum Gasteiger partial charge on any atom is -0.368 e. The number of carbonyl (C=O) groups is 2. The minimum absolute atomic E-state index is 0.109. The molecular weight excluding hydrogens is 549 g/mol. The average Bonchev–Trinajstić information content (AvgIpc) is 3.76. The highest BCUT2D eigenvalue weighted by Gasteiger charge is 2.31. The molecule has 2 aliphatic heterocycles. The van der Waals surface area contributed by atoms with Crippen LogP contribution in [-0.2, 0) is 14.3 Å². The van der Waals surface area contributed by atoms with Crippen molar-refractivity contribution < 1.29 is 27.5 Å². The maximum Gasteiger partial charge on any atom is 0.389 e. The van der Waals surface area contributed by atoms with Gasteiger partial charge in [0.15, 0.2) is 0 Å². The van der Waals surface area contributed by atoms with E-state index in [4.69, 9.17) is 4.74 Å². The van der Waals surface area contributed by atoms with Gasteiger partial charge in [-0.2, -0.15) is 18.3 Å². The number of nitrogens with zero attached hydrogens (tertiary/aromatic N) is 5. The molecular formula is C30H31F3N6O3. The number of carbonyl (C=O) groups excluding carboxylic acids is 2. The maximum absolute atomic E-state index is 12.7. The van der Waals surface area contributed by atoms with Gasteiger partial charge in [0.2, 0.25) is 5.91 Å². The largest absolute Gasteiger partial charge is 0.389 e. The van der Waals surface area contributed by atoms with Gasteiger partial charge < -0.3 is 15.0 Å². The van der Waals surface area contributed by atoms with Crippen molar-refractivity contribution in [2.75, 3.05) is 25.0 Å². The van der Waals surface area contributed by atoms with Crippen LogP contribution >= 0.6 is 0 Å². The highest BCUT2D eigenvalue weighted by molar-refractivity contribution is 5.91. The first-order valence-electron chi connectivity index (χ1n) is 14.1. The van der Waals surface area contributed by atoms with Gasteiger partial charge in [0.05, 0.1) is 29.7 Å². The van der Waals surface area contributed by atoms with E-state index >= 15 is 0 Å². The normalized spacial score (nSPS) is 18.1. The fourth-order valence-electron chi connectivity index (χ4n) is 5.62. The molecule has 0 aliphatic carbocycles. The van der Waals surface area contributed by atoms with Gasteiger partial charge in [-0.05, 0) is 61.6 Å². The molecule has 12 heteroatoms. The van der Waals surface area contributed by atoms with Gasteiger partial charge in [-0.25, -0.2) is 4.98 Å². The third-order valence-electron chi connectivity index (χ3n) is 7.88. The molecule has 1 N–H and O–H groups in total. The number of fused-ring (bicyclic) bond motifs is 1. The number of aromatic nitrogens is 4. The van der Waals surface area contributed by atoms with E-state index in [9.17, 15) is 22.8 Å². The van der Waals surface area contributed by atoms with Gasteiger partial charge in [0.25, 0.3) is 5.91 Å². The Bertz CT molecular complexity index is 1580. The quantitative estimate of drug-likeness (QED) is 0.311. The second kappa shape index (κ2) is 11.6. The second-order valence-corrected chi connectivity index (χ2v) is 10.8. The summed E-state index contributed by atoms with van der Waals surface area (Å²) < 4.78 is 46.8. The van der Waals surface area contributed by atoms with Crippen molar-refractivity contribution in [2.45, 2.75) is 56.8 Å². The third-order valence-corrected chi connectivity index (χ3v) is 7.88. The zero-order valence-corrected chi connectivity index (χ0v) is 22.9. The number of anilines is 1. The van der Waals surface area contributed by atoms with Crippen molar-refractivity contribution >= 4 is 28.5 Å². The second-order valence-electron chi connectivity index (χ2n) is 10.8. The number of ether oxygens (including phenoxy) is 1. The molecule has 4 aromatic rings. The molecule has 1 atom stereocenters. The molecule has 0 bridgehead atoms. The van der Waals surface area contributed by atoms with Gasteiger partial charge in [0, 0.05) is 49.3 Å². The molecule has 0 spiro atoms. The lowest BCUT2D eigenvalue weighted by Gasteiger charge is -2.33. The van der Waals surface area contributed by atoms with E-state index in [0.29, 0.717) is 25.4 Å². The molecule has 6 rings (SSSR count). The van der Waals surface area contributed by atoms with Gasteiger partial charge in [-0.3, -0.25) is 18.8 Å². The number of imidazole rings is 1. The summed E-state index contributed by atoms with van der Waals surface area (Å²) in [6.45, 7) is 2.06. The van der Waals surface area contributed by atoms with Crippen LogP contribution in [0.5, 0.6) is 0 Å². The molecule has 2 amide bonds. The predicted octanol–water partition coefficient (Wildman–Crippen LogP) is 5.51. The first-order valence-corrected chi connectivity index (χ1v) is 14.1. The van der Waals surface area contributed by atoms with E-state index in [-0.39, 0.29) is 18.1 Å². The van der Waals surface area contributed by atoms with Crippen LogP contribution in [0.2, 0.25) is 0 Å². The summed E-state index contributed by atoms with van der Waals surface area (Å²) in [5, 5.41) is 7.16. The number of hydrogen-bond acceptors (Lipinski definition) is 5. The fourth-order valence-corrected chi connectivity index (χ4v) is 5.62. The summed E-state index contributed by atoms with van der Waals surface area (Å²) >= 11 is 0. The fraction of sp³-hybridized carbons (Fsp3) is 0.400. The van der Waals surface area contributed by atoms with Gasteiger partial charge >= 0.3 is 6.18 Å². The Morgan fingerprint density at radius 2 is 1.88 bits per heavy atom. The minimum atomic E-state index is -4.38. The van der Waals surface area contributed by atoms with Crippen molar-refractivity contribution in [2.24, 2.45) is 0 Å². The van der Waals surface area contributed by atoms with Crippen LogP contribution in [0.15, 0.2) is 61.2 Å². The van der Waals surface area contributed by atoms with Crippen LogP contribution in [0.4, 0.5) is 18.9 Å². The molecule has 2 aliphatic rings. The first kappa shape index (κ1) is 28.0. The Hall–Kier alpha value is -4.19. The van der Waals surface area contributed by atoms with Crippen molar-refractivity contribution in [1.29, 1.82) is 0 Å². The summed E-state index contributed by atoms with van der Waals surface area (Å²) in [6.07, 6.45) is 2.52. The van der Waals surface area contributed by atoms with Crippen molar-refractivity contribution in [3.63, 3.8) is 0 Å². The molecule has 4 heterocycles. The van der Waals surface area contributed by atoms with E-state index in [1.807, 2.05) is 50.8 Å². The highest BCUT2D eigenvalue weighted by atomic mass is 19.4. The molecule has 0 radical (unpaired) electrons. The monoisotopic (exact) mass is 580 g/mol. The van der Waals surface area contributed by atoms with Crippen LogP contribution in [0, 0.1) is 0 Å². The summed E-state index contributed by atoms with van der Waals surface area (Å²) in [5.74, 6) is -0.583. The zero-order chi connectivity index (χ0) is 29.3. The van der Waals surface area contributed by atoms with Crippen LogP contribution in [0.25, 0.3) is 27.8 Å². The summed E-state index contributed by atoms with van der Waals surface area (Å²) in [7, 11) is 0. The third kappa shape index (κ3) is 6.18. The molecule has 42 heavy (non-hydrogen) atoms. The molecule has 0 saturated carbocycles. The Balaban J connectivity index is 1.12. The van der Waals surface area contributed by atoms with Crippen molar-refractivity contribution in [3.05, 3.63) is 61.2 Å². The number of halogens is 3. The summed E-state index contributed by atoms with van der Waals surface area (Å²) in [4.78, 5) is 31.1. The first-order chi connectivity index (χ1) is 20.2. The maximum atomic E-state index is 12.7. The smallest absolute Gasteiger partial charge is 0.368 e. The summed E-state index contributed by atoms with van der Waals surface area (Å²) in [5.41, 5.74) is 4.67. The Labute approximate surface area is 240 Å². The number of nitrogens with one attached hydrogen (secondary N) is 1. The lowest BCUT2D eigenvalue weighted by Crippen LogP contribution is -2.44. The number of amides is 2. The molecule has 220 valence electrons. The van der Waals surface area contributed by atoms with E-state index < -0.39 is 24.9 Å². The van der Waals surface area contributed by atoms with E-state index in [1.54, 1.807) is 24.5 Å². The lowest BCUT2D eigenvalue weighted by molar-refractivity contribution is -0.142. The number of alkyl halides is 3. The SMILES string of the molecule is O=C(CCC(F)(F)F)Nc1cccc(-n2cnc3cc(-c4cnn(C5CCN(C(=O)C6CCCO6)CC5)c4)ccc32)c1. The van der Waals surface area contributed by atoms with Gasteiger partial charge in [-0.1, -0.05) is 12.1 Å². The lowest BCUT2D eigenvalue weighted by atomic mass is 10.0. The van der Waals surface area contributed by atoms with E-state index in [2.05, 4.69) is 15.4 Å². The van der Waals surface area contributed by atoms with Crippen molar-refractivity contribution in [3.8, 4) is 16.8 Å². The number of likely N-dealkylation sites (tertiary alicyclic amines) is 1. The van der Waals surface area contributed by atoms with Crippen LogP contribution in [0.1, 0.15) is 44.6 Å². The molecule has 2 aromatic carbocycles. The van der Waals surface area contributed by atoms with Crippen LogP contribution in [0.3, 0.4) is 0 Å². The van der Waals surface area contributed by atoms with E-state index in [0.717, 1.165) is 53.5 Å². The van der Waals surface area contributed by atoms with Gasteiger partial charge in [0.1, 0.15) is 12.4 Å². The number of piperidine rings is 1. The number of rotatable bonds is 7. The Kier molecular flexibility index (Phi) is 7.72. The van der Waals surface area contributed by atoms with Gasteiger partial charge in [-0.15, -0.1) is 0 Å². The van der Waals surface area contributed by atoms with E-state index in [1.165, 1.54) is 0 Å². The average molecular weight is 581 g/mol. The van der Waals surface area contributed by atoms with Crippen LogP contribution < -0.4 is 5.32 Å². The Morgan fingerprint density at radius 3 is 2.64 bits per heavy atom. The zero-order valence-electron chi connectivity index (χ0n) is 22.9. The van der Waals surface area contributed by atoms with Crippen LogP contribution in [-0.4, -0.2) is 68.0 Å². The molecule has 2 fully saturated rings. The van der Waals surface area contributed by atoms with Crippen molar-refractivity contribution in [1.82, 2.24) is 24.2 Å². The number of benzene rings is 2. The number of hydrogen-bond donors (Lipinski definition) is 1. The molecule has 2 aromatic heterocycles. The summed E-state index contributed by atoms with van der Waals surface area (Å²) in [6, 6.07) is 13.1. The standard InChI is InChI=1S/C30H31F3N6O3/c31-30(32,33)11-8-28(40)36-22-3-1-4-24(16-22)38-19-34-25-15-20(6-7-26(25)38)21-17-35-39(18-21)23-9-12-37(13-10-23)29(41)27-5-2-14-42-27/h1,3-4,6-7,15-19,23,27H,2,5,8-14H2,(H,36,40). The highest BCUT2D eigenvalue weighted by Crippen LogP contribution is 2.29. The Morgan fingerprint density at radius 1 is 1.05 bits per heavy atom. The molecule has 2 saturated heterocycles.